The number of amides is 1. The van der Waals surface area contributed by atoms with Crippen LogP contribution in [0.5, 0.6) is 0 Å². The van der Waals surface area contributed by atoms with Gasteiger partial charge in [0.1, 0.15) is 0 Å². The summed E-state index contributed by atoms with van der Waals surface area (Å²) in [5.74, 6) is 5.63. The van der Waals surface area contributed by atoms with Gasteiger partial charge in [0.2, 0.25) is 0 Å². The van der Waals surface area contributed by atoms with Gasteiger partial charge < -0.3 is 0 Å². The number of carbonyl (C=O) groups excluding carboxylic acids is 1. The van der Waals surface area contributed by atoms with Crippen LogP contribution in [0.4, 0.5) is 0 Å². The van der Waals surface area contributed by atoms with Crippen molar-refractivity contribution in [3.05, 3.63) is 36.0 Å². The van der Waals surface area contributed by atoms with E-state index in [4.69, 9.17) is 5.84 Å². The first kappa shape index (κ1) is 12.6. The smallest absolute Gasteiger partial charge is 0.260 e. The second-order valence-corrected chi connectivity index (χ2v) is 5.37. The van der Waals surface area contributed by atoms with E-state index in [0.717, 1.165) is 31.5 Å². The minimum Gasteiger partial charge on any atom is -0.292 e. The maximum Gasteiger partial charge on any atom is 0.260 e. The normalized spacial score (nSPS) is 33.9. The molecule has 1 saturated heterocycles. The SMILES string of the molecule is NNC(=O)C1=CC2NC3C=CC=CCN3CC2CC1. The quantitative estimate of drug-likeness (QED) is 0.354. The summed E-state index contributed by atoms with van der Waals surface area (Å²) in [6, 6.07) is 0.269. The first-order valence-electron chi connectivity index (χ1n) is 6.83. The van der Waals surface area contributed by atoms with Crippen LogP contribution in [-0.2, 0) is 4.79 Å². The van der Waals surface area contributed by atoms with Crippen molar-refractivity contribution in [1.82, 2.24) is 15.6 Å². The van der Waals surface area contributed by atoms with Gasteiger partial charge in [-0.3, -0.25) is 20.4 Å². The molecular weight excluding hydrogens is 240 g/mol. The monoisotopic (exact) mass is 260 g/mol. The molecule has 102 valence electrons. The van der Waals surface area contributed by atoms with Crippen molar-refractivity contribution in [1.29, 1.82) is 0 Å². The van der Waals surface area contributed by atoms with E-state index < -0.39 is 0 Å². The number of carbonyl (C=O) groups is 1. The predicted molar refractivity (Wildman–Crippen MR) is 73.7 cm³/mol. The van der Waals surface area contributed by atoms with Crippen LogP contribution in [0.3, 0.4) is 0 Å². The summed E-state index contributed by atoms with van der Waals surface area (Å²) in [6.45, 7) is 2.05. The lowest BCUT2D eigenvalue weighted by molar-refractivity contribution is -0.117. The van der Waals surface area contributed by atoms with Gasteiger partial charge in [-0.15, -0.1) is 0 Å². The first-order chi connectivity index (χ1) is 9.28. The number of rotatable bonds is 1. The van der Waals surface area contributed by atoms with Gasteiger partial charge in [-0.25, -0.2) is 5.84 Å². The molecule has 0 aromatic rings. The molecule has 3 aliphatic rings. The van der Waals surface area contributed by atoms with Crippen LogP contribution in [0, 0.1) is 5.92 Å². The summed E-state index contributed by atoms with van der Waals surface area (Å²) in [7, 11) is 0. The maximum absolute atomic E-state index is 11.6. The zero-order chi connectivity index (χ0) is 13.2. The molecule has 5 heteroatoms. The largest absolute Gasteiger partial charge is 0.292 e. The van der Waals surface area contributed by atoms with E-state index in [9.17, 15) is 4.79 Å². The Kier molecular flexibility index (Phi) is 3.50. The van der Waals surface area contributed by atoms with E-state index in [-0.39, 0.29) is 18.1 Å². The summed E-state index contributed by atoms with van der Waals surface area (Å²) >= 11 is 0. The Bertz CT molecular complexity index is 454. The van der Waals surface area contributed by atoms with Gasteiger partial charge in [0, 0.05) is 24.7 Å². The summed E-state index contributed by atoms with van der Waals surface area (Å²) in [5, 5.41) is 3.61. The average molecular weight is 260 g/mol. The number of nitrogens with one attached hydrogen (secondary N) is 2. The van der Waals surface area contributed by atoms with Crippen molar-refractivity contribution < 1.29 is 4.79 Å². The molecule has 5 nitrogen and oxygen atoms in total. The Morgan fingerprint density at radius 2 is 2.37 bits per heavy atom. The molecule has 19 heavy (non-hydrogen) atoms. The number of hydrogen-bond donors (Lipinski definition) is 3. The Morgan fingerprint density at radius 1 is 1.47 bits per heavy atom. The molecule has 3 unspecified atom stereocenters. The van der Waals surface area contributed by atoms with Crippen molar-refractivity contribution in [2.24, 2.45) is 11.8 Å². The number of allylic oxidation sites excluding steroid dienone is 2. The molecule has 4 N–H and O–H groups in total. The van der Waals surface area contributed by atoms with Crippen LogP contribution in [0.15, 0.2) is 36.0 Å². The van der Waals surface area contributed by atoms with Crippen LogP contribution >= 0.6 is 0 Å². The van der Waals surface area contributed by atoms with E-state index >= 15 is 0 Å². The van der Waals surface area contributed by atoms with Gasteiger partial charge in [0.15, 0.2) is 0 Å². The fourth-order valence-corrected chi connectivity index (χ4v) is 3.15. The third-order valence-electron chi connectivity index (χ3n) is 4.20. The van der Waals surface area contributed by atoms with Gasteiger partial charge in [0.05, 0.1) is 6.17 Å². The van der Waals surface area contributed by atoms with Crippen LogP contribution in [0.25, 0.3) is 0 Å². The van der Waals surface area contributed by atoms with Gasteiger partial charge >= 0.3 is 0 Å². The van der Waals surface area contributed by atoms with Gasteiger partial charge in [-0.2, -0.15) is 0 Å². The van der Waals surface area contributed by atoms with E-state index in [1.54, 1.807) is 0 Å². The van der Waals surface area contributed by atoms with Crippen LogP contribution in [0.1, 0.15) is 12.8 Å². The molecule has 0 aromatic heterocycles. The summed E-state index contributed by atoms with van der Waals surface area (Å²) < 4.78 is 0. The molecule has 1 fully saturated rings. The van der Waals surface area contributed by atoms with Gasteiger partial charge in [-0.1, -0.05) is 30.4 Å². The molecule has 0 saturated carbocycles. The second kappa shape index (κ2) is 5.28. The molecule has 0 aromatic carbocycles. The minimum atomic E-state index is -0.152. The predicted octanol–water partition coefficient (Wildman–Crippen LogP) is 0.0386. The standard InChI is InChI=1S/C14H20N4O/c15-17-14(19)10-5-6-11-9-18-7-3-1-2-4-13(18)16-12(11)8-10/h1-4,8,11-13,16H,5-7,9,15H2,(H,17,19). The van der Waals surface area contributed by atoms with Crippen LogP contribution in [0.2, 0.25) is 0 Å². The third kappa shape index (κ3) is 2.49. The Morgan fingerprint density at radius 3 is 3.21 bits per heavy atom. The number of fused-ring (bicyclic) bond motifs is 2. The molecule has 2 aliphatic heterocycles. The highest BCUT2D eigenvalue weighted by molar-refractivity contribution is 5.93. The molecule has 1 amide bonds. The second-order valence-electron chi connectivity index (χ2n) is 5.37. The lowest BCUT2D eigenvalue weighted by Crippen LogP contribution is -2.59. The van der Waals surface area contributed by atoms with Gasteiger partial charge in [-0.05, 0) is 18.8 Å². The lowest BCUT2D eigenvalue weighted by Gasteiger charge is -2.44. The first-order valence-corrected chi connectivity index (χ1v) is 6.83. The summed E-state index contributed by atoms with van der Waals surface area (Å²) in [5.41, 5.74) is 3.03. The highest BCUT2D eigenvalue weighted by Gasteiger charge is 2.35. The number of hydrazine groups is 1. The number of nitrogens with two attached hydrogens (primary N) is 1. The fourth-order valence-electron chi connectivity index (χ4n) is 3.15. The van der Waals surface area contributed by atoms with Crippen molar-refractivity contribution in [3.8, 4) is 0 Å². The fraction of sp³-hybridized carbons (Fsp3) is 0.500. The number of nitrogens with zero attached hydrogens (tertiary/aromatic N) is 1. The third-order valence-corrected chi connectivity index (χ3v) is 4.20. The molecule has 3 rings (SSSR count). The lowest BCUT2D eigenvalue weighted by atomic mass is 9.83. The van der Waals surface area contributed by atoms with E-state index in [1.165, 1.54) is 0 Å². The molecular formula is C14H20N4O. The van der Waals surface area contributed by atoms with Crippen molar-refractivity contribution in [2.75, 3.05) is 13.1 Å². The van der Waals surface area contributed by atoms with Crippen LogP contribution in [-0.4, -0.2) is 36.1 Å². The topological polar surface area (TPSA) is 70.4 Å². The zero-order valence-corrected chi connectivity index (χ0v) is 10.9. The average Bonchev–Trinajstić information content (AvgIpc) is 2.68. The molecule has 2 heterocycles. The zero-order valence-electron chi connectivity index (χ0n) is 10.9. The molecule has 0 spiro atoms. The summed E-state index contributed by atoms with van der Waals surface area (Å²) in [6.07, 6.45) is 12.7. The van der Waals surface area contributed by atoms with E-state index in [1.807, 2.05) is 0 Å². The highest BCUT2D eigenvalue weighted by atomic mass is 16.2. The van der Waals surface area contributed by atoms with Gasteiger partial charge in [0.25, 0.3) is 5.91 Å². The number of hydrogen-bond acceptors (Lipinski definition) is 4. The van der Waals surface area contributed by atoms with Crippen molar-refractivity contribution >= 4 is 5.91 Å². The Balaban J connectivity index is 1.77. The highest BCUT2D eigenvalue weighted by Crippen LogP contribution is 2.29. The van der Waals surface area contributed by atoms with Crippen molar-refractivity contribution in [2.45, 2.75) is 25.0 Å². The molecule has 0 bridgehead atoms. The minimum absolute atomic E-state index is 0.152. The molecule has 3 atom stereocenters. The van der Waals surface area contributed by atoms with Crippen LogP contribution < -0.4 is 16.6 Å². The Hall–Kier alpha value is -1.43. The van der Waals surface area contributed by atoms with E-state index in [2.05, 4.69) is 46.0 Å². The maximum atomic E-state index is 11.6. The molecule has 1 aliphatic carbocycles. The van der Waals surface area contributed by atoms with E-state index in [0.29, 0.717) is 5.92 Å². The van der Waals surface area contributed by atoms with Crippen molar-refractivity contribution in [3.63, 3.8) is 0 Å². The molecule has 0 radical (unpaired) electrons. The Labute approximate surface area is 113 Å². The summed E-state index contributed by atoms with van der Waals surface area (Å²) in [4.78, 5) is 14.0.